The summed E-state index contributed by atoms with van der Waals surface area (Å²) in [4.78, 5) is 0. The molecule has 1 aromatic heterocycles. The Labute approximate surface area is 110 Å². The lowest BCUT2D eigenvalue weighted by Gasteiger charge is -2.29. The molecule has 0 spiro atoms. The third-order valence-electron chi connectivity index (χ3n) is 3.21. The number of nitrogens with zero attached hydrogens (tertiary/aromatic N) is 2. The lowest BCUT2D eigenvalue weighted by molar-refractivity contribution is 0.126. The van der Waals surface area contributed by atoms with Crippen molar-refractivity contribution in [1.82, 2.24) is 15.1 Å². The molecular formula is C14H27N3O. The lowest BCUT2D eigenvalue weighted by atomic mass is 9.86. The fourth-order valence-electron chi connectivity index (χ4n) is 2.39. The zero-order chi connectivity index (χ0) is 13.8. The highest BCUT2D eigenvalue weighted by molar-refractivity contribution is 5.10. The summed E-state index contributed by atoms with van der Waals surface area (Å²) in [6.07, 6.45) is 5.58. The van der Waals surface area contributed by atoms with Crippen LogP contribution >= 0.6 is 0 Å². The number of rotatable bonds is 7. The molecule has 4 nitrogen and oxygen atoms in total. The average molecular weight is 253 g/mol. The van der Waals surface area contributed by atoms with E-state index in [0.717, 1.165) is 19.4 Å². The van der Waals surface area contributed by atoms with Crippen LogP contribution in [-0.4, -0.2) is 27.5 Å². The molecule has 1 heterocycles. The quantitative estimate of drug-likeness (QED) is 0.783. The van der Waals surface area contributed by atoms with Gasteiger partial charge in [0.25, 0.3) is 0 Å². The molecule has 1 rings (SSSR count). The molecule has 0 aromatic carbocycles. The smallest absolute Gasteiger partial charge is 0.0537 e. The molecular weight excluding hydrogens is 226 g/mol. The predicted molar refractivity (Wildman–Crippen MR) is 74.3 cm³/mol. The highest BCUT2D eigenvalue weighted by Crippen LogP contribution is 2.24. The van der Waals surface area contributed by atoms with Gasteiger partial charge in [-0.1, -0.05) is 20.8 Å². The minimum atomic E-state index is -0.250. The summed E-state index contributed by atoms with van der Waals surface area (Å²) in [5.41, 5.74) is 1.33. The normalized spacial score (nSPS) is 15.7. The average Bonchev–Trinajstić information content (AvgIpc) is 2.63. The Hall–Kier alpha value is -0.870. The molecule has 0 saturated carbocycles. The molecule has 2 unspecified atom stereocenters. The van der Waals surface area contributed by atoms with Crippen LogP contribution < -0.4 is 5.32 Å². The second-order valence-electron chi connectivity index (χ2n) is 6.01. The van der Waals surface area contributed by atoms with E-state index in [1.54, 1.807) is 0 Å². The summed E-state index contributed by atoms with van der Waals surface area (Å²) in [5, 5.41) is 17.3. The Morgan fingerprint density at radius 3 is 2.61 bits per heavy atom. The fourth-order valence-corrected chi connectivity index (χ4v) is 2.39. The Balaban J connectivity index is 2.54. The first-order valence-corrected chi connectivity index (χ1v) is 6.74. The van der Waals surface area contributed by atoms with E-state index >= 15 is 0 Å². The number of hydrogen-bond acceptors (Lipinski definition) is 3. The number of aliphatic hydroxyl groups is 1. The summed E-state index contributed by atoms with van der Waals surface area (Å²) < 4.78 is 1.83. The predicted octanol–water partition coefficient (Wildman–Crippen LogP) is 2.26. The number of aliphatic hydroxyl groups excluding tert-OH is 1. The molecule has 0 radical (unpaired) electrons. The van der Waals surface area contributed by atoms with Gasteiger partial charge in [0.2, 0.25) is 0 Å². The molecule has 0 fully saturated rings. The van der Waals surface area contributed by atoms with Crippen molar-refractivity contribution in [2.24, 2.45) is 12.5 Å². The van der Waals surface area contributed by atoms with E-state index in [9.17, 15) is 5.11 Å². The lowest BCUT2D eigenvalue weighted by Crippen LogP contribution is -2.34. The van der Waals surface area contributed by atoms with Gasteiger partial charge in [-0.3, -0.25) is 4.68 Å². The first kappa shape index (κ1) is 15.2. The van der Waals surface area contributed by atoms with E-state index in [-0.39, 0.29) is 11.5 Å². The maximum Gasteiger partial charge on any atom is 0.0537 e. The minimum Gasteiger partial charge on any atom is -0.393 e. The third-order valence-corrected chi connectivity index (χ3v) is 3.21. The molecule has 4 heteroatoms. The Bertz CT molecular complexity index is 358. The summed E-state index contributed by atoms with van der Waals surface area (Å²) in [6, 6.07) is 0.340. The van der Waals surface area contributed by atoms with E-state index < -0.39 is 0 Å². The fraction of sp³-hybridized carbons (Fsp3) is 0.786. The van der Waals surface area contributed by atoms with Crippen LogP contribution in [-0.2, 0) is 7.05 Å². The Morgan fingerprint density at radius 2 is 2.17 bits per heavy atom. The molecule has 0 aliphatic carbocycles. The van der Waals surface area contributed by atoms with Gasteiger partial charge < -0.3 is 10.4 Å². The van der Waals surface area contributed by atoms with E-state index in [2.05, 4.69) is 37.4 Å². The highest BCUT2D eigenvalue weighted by atomic mass is 16.3. The second-order valence-corrected chi connectivity index (χ2v) is 6.01. The van der Waals surface area contributed by atoms with Gasteiger partial charge in [0.05, 0.1) is 12.3 Å². The van der Waals surface area contributed by atoms with Gasteiger partial charge in [-0.25, -0.2) is 0 Å². The van der Waals surface area contributed by atoms with Crippen molar-refractivity contribution in [3.8, 4) is 0 Å². The van der Waals surface area contributed by atoms with Gasteiger partial charge in [-0.15, -0.1) is 0 Å². The summed E-state index contributed by atoms with van der Waals surface area (Å²) >= 11 is 0. The maximum absolute atomic E-state index is 9.49. The minimum absolute atomic E-state index is 0.101. The number of aromatic nitrogens is 2. The molecule has 0 bridgehead atoms. The number of nitrogens with one attached hydrogen (secondary N) is 1. The first-order chi connectivity index (χ1) is 8.34. The molecule has 2 N–H and O–H groups in total. The second kappa shape index (κ2) is 6.34. The monoisotopic (exact) mass is 253 g/mol. The summed E-state index contributed by atoms with van der Waals surface area (Å²) in [7, 11) is 1.94. The van der Waals surface area contributed by atoms with Crippen molar-refractivity contribution < 1.29 is 5.11 Å². The molecule has 0 saturated heterocycles. The largest absolute Gasteiger partial charge is 0.393 e. The standard InChI is InChI=1S/C14H27N3O/c1-6-13(12-8-16-17(5)9-12)15-10-14(3,4)7-11(2)18/h8-9,11,13,15,18H,6-7,10H2,1-5H3. The molecule has 0 aliphatic heterocycles. The van der Waals surface area contributed by atoms with Crippen LogP contribution in [0.4, 0.5) is 0 Å². The van der Waals surface area contributed by atoms with Crippen molar-refractivity contribution in [2.45, 2.75) is 52.7 Å². The molecule has 104 valence electrons. The molecule has 0 aliphatic rings. The van der Waals surface area contributed by atoms with Gasteiger partial charge in [0.1, 0.15) is 0 Å². The van der Waals surface area contributed by atoms with Crippen molar-refractivity contribution in [1.29, 1.82) is 0 Å². The molecule has 0 amide bonds. The van der Waals surface area contributed by atoms with Crippen LogP contribution in [0.1, 0.15) is 52.1 Å². The Morgan fingerprint density at radius 1 is 1.50 bits per heavy atom. The summed E-state index contributed by atoms with van der Waals surface area (Å²) in [5.74, 6) is 0. The summed E-state index contributed by atoms with van der Waals surface area (Å²) in [6.45, 7) is 9.28. The molecule has 18 heavy (non-hydrogen) atoms. The Kier molecular flexibility index (Phi) is 5.35. The van der Waals surface area contributed by atoms with Gasteiger partial charge in [0, 0.05) is 31.4 Å². The van der Waals surface area contributed by atoms with E-state index in [1.165, 1.54) is 5.56 Å². The van der Waals surface area contributed by atoms with Crippen molar-refractivity contribution in [2.75, 3.05) is 6.54 Å². The van der Waals surface area contributed by atoms with E-state index in [1.807, 2.05) is 24.9 Å². The zero-order valence-electron chi connectivity index (χ0n) is 12.3. The first-order valence-electron chi connectivity index (χ1n) is 6.74. The van der Waals surface area contributed by atoms with Gasteiger partial charge in [-0.05, 0) is 25.2 Å². The van der Waals surface area contributed by atoms with Crippen molar-refractivity contribution in [3.63, 3.8) is 0 Å². The van der Waals surface area contributed by atoms with Gasteiger partial charge >= 0.3 is 0 Å². The van der Waals surface area contributed by atoms with E-state index in [4.69, 9.17) is 0 Å². The van der Waals surface area contributed by atoms with Crippen LogP contribution in [0.3, 0.4) is 0 Å². The van der Waals surface area contributed by atoms with Gasteiger partial charge in [0.15, 0.2) is 0 Å². The van der Waals surface area contributed by atoms with Crippen molar-refractivity contribution in [3.05, 3.63) is 18.0 Å². The number of hydrogen-bond donors (Lipinski definition) is 2. The van der Waals surface area contributed by atoms with Crippen LogP contribution in [0.25, 0.3) is 0 Å². The van der Waals surface area contributed by atoms with Crippen LogP contribution in [0.5, 0.6) is 0 Å². The van der Waals surface area contributed by atoms with Crippen LogP contribution in [0.2, 0.25) is 0 Å². The van der Waals surface area contributed by atoms with Crippen molar-refractivity contribution >= 4 is 0 Å². The SMILES string of the molecule is CCC(NCC(C)(C)CC(C)O)c1cnn(C)c1. The van der Waals surface area contributed by atoms with E-state index in [0.29, 0.717) is 6.04 Å². The third kappa shape index (κ3) is 4.78. The number of aryl methyl sites for hydroxylation is 1. The topological polar surface area (TPSA) is 50.1 Å². The molecule has 1 aromatic rings. The van der Waals surface area contributed by atoms with Crippen LogP contribution in [0, 0.1) is 5.41 Å². The zero-order valence-corrected chi connectivity index (χ0v) is 12.3. The van der Waals surface area contributed by atoms with Gasteiger partial charge in [-0.2, -0.15) is 5.10 Å². The van der Waals surface area contributed by atoms with Crippen LogP contribution in [0.15, 0.2) is 12.4 Å². The molecule has 2 atom stereocenters. The maximum atomic E-state index is 9.49. The highest BCUT2D eigenvalue weighted by Gasteiger charge is 2.22.